The quantitative estimate of drug-likeness (QED) is 0.163. The summed E-state index contributed by atoms with van der Waals surface area (Å²) in [7, 11) is 0. The average Bonchev–Trinajstić information content (AvgIpc) is 3.16. The topological polar surface area (TPSA) is 211 Å². The van der Waals surface area contributed by atoms with Crippen molar-refractivity contribution in [3.8, 4) is 0 Å². The molecule has 2 aliphatic rings. The van der Waals surface area contributed by atoms with Gasteiger partial charge in [0.25, 0.3) is 11.8 Å². The van der Waals surface area contributed by atoms with E-state index in [0.717, 1.165) is 16.2 Å². The van der Waals surface area contributed by atoms with Crippen LogP contribution in [0.2, 0.25) is 0 Å². The molecule has 1 aromatic heterocycles. The number of carboxylic acid groups (broad SMARTS) is 2. The number of anilines is 1. The van der Waals surface area contributed by atoms with Gasteiger partial charge in [-0.2, -0.15) is 0 Å². The number of carbonyl (C=O) groups excluding carboxylic acids is 2. The fraction of sp³-hybridized carbons (Fsp3) is 0.412. The smallest absolute Gasteiger partial charge is 0.352 e. The van der Waals surface area contributed by atoms with E-state index >= 15 is 0 Å². The van der Waals surface area contributed by atoms with Crippen molar-refractivity contribution < 1.29 is 34.2 Å². The predicted molar refractivity (Wildman–Crippen MR) is 115 cm³/mol. The van der Waals surface area contributed by atoms with Gasteiger partial charge in [0.1, 0.15) is 28.9 Å². The number of nitrogens with two attached hydrogens (primary N) is 2. The molecule has 1 aromatic rings. The second kappa shape index (κ2) is 9.54. The first-order valence-corrected chi connectivity index (χ1v) is 11.1. The number of nitrogen functional groups attached to an aromatic ring is 1. The Morgan fingerprint density at radius 3 is 2.72 bits per heavy atom. The minimum Gasteiger partial charge on any atom is -0.481 e. The zero-order chi connectivity index (χ0) is 23.6. The van der Waals surface area contributed by atoms with E-state index in [1.807, 2.05) is 0 Å². The molecule has 0 spiro atoms. The number of nitrogens with zero attached hydrogens (tertiary/aromatic N) is 3. The lowest BCUT2D eigenvalue weighted by Crippen LogP contribution is -2.71. The van der Waals surface area contributed by atoms with Crippen LogP contribution in [-0.4, -0.2) is 79.4 Å². The molecule has 0 bridgehead atoms. The largest absolute Gasteiger partial charge is 0.481 e. The molecule has 2 aliphatic heterocycles. The molecule has 0 saturated carbocycles. The predicted octanol–water partition coefficient (Wildman–Crippen LogP) is -0.993. The van der Waals surface area contributed by atoms with E-state index in [-0.39, 0.29) is 35.2 Å². The lowest BCUT2D eigenvalue weighted by atomic mass is 10.0. The number of oxime groups is 1. The number of amides is 2. The number of nitrogens with one attached hydrogen (secondary N) is 1. The Labute approximate surface area is 189 Å². The Hall–Kier alpha value is -3.17. The molecule has 1 saturated heterocycles. The Morgan fingerprint density at radius 2 is 2.16 bits per heavy atom. The number of thiazole rings is 1. The summed E-state index contributed by atoms with van der Waals surface area (Å²) in [5.41, 5.74) is 11.3. The zero-order valence-corrected chi connectivity index (χ0v) is 18.3. The van der Waals surface area contributed by atoms with Crippen LogP contribution in [0.15, 0.2) is 21.8 Å². The van der Waals surface area contributed by atoms with Crippen molar-refractivity contribution in [2.75, 3.05) is 18.0 Å². The zero-order valence-electron chi connectivity index (χ0n) is 16.7. The van der Waals surface area contributed by atoms with Gasteiger partial charge in [0.2, 0.25) is 0 Å². The lowest BCUT2D eigenvalue weighted by Gasteiger charge is -2.49. The minimum atomic E-state index is -1.27. The molecular weight excluding hydrogens is 464 g/mol. The summed E-state index contributed by atoms with van der Waals surface area (Å²) in [6.07, 6.45) is -1.18. The number of carbonyl (C=O) groups is 4. The summed E-state index contributed by atoms with van der Waals surface area (Å²) >= 11 is 2.33. The molecule has 0 radical (unpaired) electrons. The van der Waals surface area contributed by atoms with Crippen molar-refractivity contribution in [1.29, 1.82) is 0 Å². The fourth-order valence-corrected chi connectivity index (χ4v) is 4.99. The highest BCUT2D eigenvalue weighted by Crippen LogP contribution is 2.40. The normalized spacial score (nSPS) is 21.5. The van der Waals surface area contributed by atoms with Crippen LogP contribution in [0, 0.1) is 0 Å². The van der Waals surface area contributed by atoms with Gasteiger partial charge in [-0.15, -0.1) is 23.1 Å². The van der Waals surface area contributed by atoms with Crippen LogP contribution in [0.1, 0.15) is 19.0 Å². The van der Waals surface area contributed by atoms with Crippen LogP contribution in [0.5, 0.6) is 0 Å². The standard InChI is InChI=1S/C17H20N6O7S2/c1-6(2-9(24)25)30-22-10(8-5-32-17(19)20-8)13(26)21-11-14(27)23-12(16(28)29)7(3-18)4-31-15(11)23/h5-6,11,15H,2-4,18H2,1H3,(H2,19,20)(H,21,26)(H,24,25)(H,28,29)/t6?,11?,15-/m0/s1. The first-order valence-electron chi connectivity index (χ1n) is 9.21. The maximum Gasteiger partial charge on any atom is 0.352 e. The first kappa shape index (κ1) is 23.5. The van der Waals surface area contributed by atoms with Gasteiger partial charge in [0.15, 0.2) is 10.8 Å². The Kier molecular flexibility index (Phi) is 7.00. The van der Waals surface area contributed by atoms with Crippen molar-refractivity contribution >= 4 is 57.7 Å². The van der Waals surface area contributed by atoms with E-state index in [1.54, 1.807) is 0 Å². The Morgan fingerprint density at radius 1 is 1.44 bits per heavy atom. The van der Waals surface area contributed by atoms with Gasteiger partial charge in [-0.05, 0) is 12.5 Å². The molecule has 2 unspecified atom stereocenters. The third-order valence-corrected chi connectivity index (χ3v) is 6.56. The number of hydrogen-bond acceptors (Lipinski definition) is 11. The van der Waals surface area contributed by atoms with Gasteiger partial charge in [0.05, 0.1) is 6.42 Å². The molecule has 3 heterocycles. The van der Waals surface area contributed by atoms with Crippen LogP contribution < -0.4 is 16.8 Å². The summed E-state index contributed by atoms with van der Waals surface area (Å²) in [5.74, 6) is -3.48. The van der Waals surface area contributed by atoms with E-state index in [1.165, 1.54) is 24.1 Å². The van der Waals surface area contributed by atoms with Gasteiger partial charge in [-0.1, -0.05) is 5.16 Å². The molecule has 3 atom stereocenters. The summed E-state index contributed by atoms with van der Waals surface area (Å²) in [4.78, 5) is 58.2. The lowest BCUT2D eigenvalue weighted by molar-refractivity contribution is -0.150. The number of aliphatic carboxylic acids is 2. The molecule has 0 aromatic carbocycles. The minimum absolute atomic E-state index is 0.00389. The van der Waals surface area contributed by atoms with E-state index in [0.29, 0.717) is 11.3 Å². The van der Waals surface area contributed by atoms with E-state index in [4.69, 9.17) is 21.4 Å². The van der Waals surface area contributed by atoms with Crippen molar-refractivity contribution in [2.24, 2.45) is 10.9 Å². The van der Waals surface area contributed by atoms with Crippen molar-refractivity contribution in [3.63, 3.8) is 0 Å². The number of β-lactam (4-membered cyclic amide) rings is 1. The third-order valence-electron chi connectivity index (χ3n) is 4.55. The third kappa shape index (κ3) is 4.68. The second-order valence-corrected chi connectivity index (χ2v) is 8.84. The van der Waals surface area contributed by atoms with Crippen LogP contribution in [0.3, 0.4) is 0 Å². The molecule has 2 amide bonds. The molecule has 32 heavy (non-hydrogen) atoms. The molecule has 0 aliphatic carbocycles. The molecule has 7 N–H and O–H groups in total. The van der Waals surface area contributed by atoms with Crippen molar-refractivity contribution in [1.82, 2.24) is 15.2 Å². The first-order chi connectivity index (χ1) is 15.1. The fourth-order valence-electron chi connectivity index (χ4n) is 3.08. The number of carboxylic acids is 2. The average molecular weight is 485 g/mol. The van der Waals surface area contributed by atoms with Crippen LogP contribution in [0.25, 0.3) is 0 Å². The number of aromatic nitrogens is 1. The summed E-state index contributed by atoms with van der Waals surface area (Å²) in [6.45, 7) is 1.46. The van der Waals surface area contributed by atoms with Gasteiger partial charge in [0, 0.05) is 17.7 Å². The maximum atomic E-state index is 12.9. The maximum absolute atomic E-state index is 12.9. The van der Waals surface area contributed by atoms with E-state index < -0.39 is 41.3 Å². The number of fused-ring (bicyclic) bond motifs is 1. The van der Waals surface area contributed by atoms with E-state index in [2.05, 4.69) is 15.5 Å². The van der Waals surface area contributed by atoms with Crippen LogP contribution >= 0.6 is 23.1 Å². The van der Waals surface area contributed by atoms with Gasteiger partial charge < -0.3 is 31.8 Å². The Balaban J connectivity index is 1.79. The number of rotatable bonds is 9. The molecule has 172 valence electrons. The van der Waals surface area contributed by atoms with Gasteiger partial charge in [-0.25, -0.2) is 9.78 Å². The SMILES string of the molecule is CC(CC(=O)O)ON=C(C(=O)NC1C(=O)N2C(C(=O)O)=C(CN)CS[C@@H]12)c1csc(N)n1. The Bertz CT molecular complexity index is 1020. The van der Waals surface area contributed by atoms with Gasteiger partial charge >= 0.3 is 11.9 Å². The summed E-state index contributed by atoms with van der Waals surface area (Å²) in [6, 6.07) is -1.00. The molecule has 1 fully saturated rings. The highest BCUT2D eigenvalue weighted by Gasteiger charge is 2.54. The van der Waals surface area contributed by atoms with Crippen LogP contribution in [-0.2, 0) is 24.0 Å². The molecule has 15 heteroatoms. The molecule has 13 nitrogen and oxygen atoms in total. The second-order valence-electron chi connectivity index (χ2n) is 6.85. The van der Waals surface area contributed by atoms with Crippen LogP contribution in [0.4, 0.5) is 5.13 Å². The van der Waals surface area contributed by atoms with E-state index in [9.17, 15) is 24.3 Å². The number of thioether (sulfide) groups is 1. The van der Waals surface area contributed by atoms with Gasteiger partial charge in [-0.3, -0.25) is 19.3 Å². The molecular formula is C17H20N6O7S2. The van der Waals surface area contributed by atoms with Crippen molar-refractivity contribution in [3.05, 3.63) is 22.3 Å². The summed E-state index contributed by atoms with van der Waals surface area (Å²) < 4.78 is 0. The van der Waals surface area contributed by atoms with Crippen molar-refractivity contribution in [2.45, 2.75) is 30.9 Å². The monoisotopic (exact) mass is 484 g/mol. The highest BCUT2D eigenvalue weighted by atomic mass is 32.2. The highest BCUT2D eigenvalue weighted by molar-refractivity contribution is 8.00. The number of hydrogen-bond donors (Lipinski definition) is 5. The summed E-state index contributed by atoms with van der Waals surface area (Å²) in [5, 5.41) is 25.6. The molecule has 3 rings (SSSR count).